The zero-order valence-corrected chi connectivity index (χ0v) is 22.0. The van der Waals surface area contributed by atoms with Crippen LogP contribution in [0, 0.1) is 5.92 Å². The molecule has 0 aromatic rings. The Morgan fingerprint density at radius 3 is 1.72 bits per heavy atom. The molecule has 0 heterocycles. The van der Waals surface area contributed by atoms with E-state index in [1.165, 1.54) is 38.5 Å². The van der Waals surface area contributed by atoms with Crippen molar-refractivity contribution in [1.29, 1.82) is 0 Å². The molecule has 4 nitrogen and oxygen atoms in total. The number of rotatable bonds is 24. The molecule has 0 spiro atoms. The largest absolute Gasteiger partial charge is 0.502 e. The molecule has 4 heteroatoms. The quantitative estimate of drug-likeness (QED) is 0.0831. The Bertz CT molecular complexity index is 427. The van der Waals surface area contributed by atoms with Crippen molar-refractivity contribution >= 4 is 0 Å². The first kappa shape index (κ1) is 31.0. The monoisotopic (exact) mass is 454 g/mol. The molecular formula is C28H54O4. The molecule has 0 aliphatic heterocycles. The number of allylic oxidation sites excluding steroid dienone is 2. The highest BCUT2D eigenvalue weighted by Gasteiger charge is 2.39. The fourth-order valence-corrected chi connectivity index (χ4v) is 4.15. The third-order valence-electron chi connectivity index (χ3n) is 5.76. The SMILES string of the molecule is CCC=COCCCC(CCCCCCCC)C(CCCOC=CCC)(OCC)OCC. The molecule has 0 aromatic carbocycles. The van der Waals surface area contributed by atoms with Crippen molar-refractivity contribution in [2.45, 2.75) is 124 Å². The molecule has 0 aromatic heterocycles. The van der Waals surface area contributed by atoms with Gasteiger partial charge in [-0.05, 0) is 52.4 Å². The molecule has 0 saturated heterocycles. The lowest BCUT2D eigenvalue weighted by atomic mass is 9.85. The Balaban J connectivity index is 5.05. The lowest BCUT2D eigenvalue weighted by molar-refractivity contribution is -0.271. The van der Waals surface area contributed by atoms with Crippen LogP contribution in [0.15, 0.2) is 24.7 Å². The van der Waals surface area contributed by atoms with Crippen molar-refractivity contribution in [3.8, 4) is 0 Å². The minimum atomic E-state index is -0.524. The molecule has 1 atom stereocenters. The predicted octanol–water partition coefficient (Wildman–Crippen LogP) is 8.56. The van der Waals surface area contributed by atoms with E-state index in [4.69, 9.17) is 18.9 Å². The molecule has 0 aliphatic rings. The molecule has 0 bridgehead atoms. The molecule has 0 amide bonds. The lowest BCUT2D eigenvalue weighted by Gasteiger charge is -2.40. The second-order valence-electron chi connectivity index (χ2n) is 8.48. The summed E-state index contributed by atoms with van der Waals surface area (Å²) in [5, 5.41) is 0. The Morgan fingerprint density at radius 1 is 0.625 bits per heavy atom. The van der Waals surface area contributed by atoms with E-state index in [-0.39, 0.29) is 0 Å². The number of hydrogen-bond acceptors (Lipinski definition) is 4. The maximum absolute atomic E-state index is 6.40. The van der Waals surface area contributed by atoms with Crippen LogP contribution in [0.2, 0.25) is 0 Å². The van der Waals surface area contributed by atoms with Crippen LogP contribution in [-0.4, -0.2) is 32.2 Å². The fourth-order valence-electron chi connectivity index (χ4n) is 4.15. The minimum absolute atomic E-state index is 0.374. The van der Waals surface area contributed by atoms with E-state index in [0.29, 0.717) is 25.7 Å². The number of hydrogen-bond donors (Lipinski definition) is 0. The van der Waals surface area contributed by atoms with E-state index in [0.717, 1.165) is 51.6 Å². The summed E-state index contributed by atoms with van der Waals surface area (Å²) in [5.74, 6) is -0.150. The van der Waals surface area contributed by atoms with E-state index in [1.54, 1.807) is 0 Å². The molecule has 1 unspecified atom stereocenters. The van der Waals surface area contributed by atoms with Crippen LogP contribution in [0.5, 0.6) is 0 Å². The summed E-state index contributed by atoms with van der Waals surface area (Å²) in [6.45, 7) is 13.5. The van der Waals surface area contributed by atoms with E-state index in [2.05, 4.69) is 40.7 Å². The Kier molecular flexibility index (Phi) is 22.4. The van der Waals surface area contributed by atoms with Gasteiger partial charge >= 0.3 is 0 Å². The van der Waals surface area contributed by atoms with Crippen LogP contribution < -0.4 is 0 Å². The summed E-state index contributed by atoms with van der Waals surface area (Å²) in [7, 11) is 0. The average molecular weight is 455 g/mol. The summed E-state index contributed by atoms with van der Waals surface area (Å²) in [5.41, 5.74) is 0. The van der Waals surface area contributed by atoms with Gasteiger partial charge in [0, 0.05) is 25.6 Å². The summed E-state index contributed by atoms with van der Waals surface area (Å²) in [6, 6.07) is 0. The highest BCUT2D eigenvalue weighted by Crippen LogP contribution is 2.36. The van der Waals surface area contributed by atoms with Crippen molar-refractivity contribution in [3.63, 3.8) is 0 Å². The second-order valence-corrected chi connectivity index (χ2v) is 8.48. The van der Waals surface area contributed by atoms with Gasteiger partial charge in [-0.3, -0.25) is 0 Å². The van der Waals surface area contributed by atoms with Gasteiger partial charge in [-0.15, -0.1) is 0 Å². The zero-order chi connectivity index (χ0) is 23.8. The molecule has 32 heavy (non-hydrogen) atoms. The first-order valence-corrected chi connectivity index (χ1v) is 13.5. The molecule has 190 valence electrons. The standard InChI is InChI=1S/C28H54O4/c1-6-11-14-15-16-17-20-27(21-18-25-29-23-12-7-2)28(31-9-4,32-10-5)22-19-26-30-24-13-8-3/h12-13,23-24,27H,6-11,14-22,25-26H2,1-5H3. The van der Waals surface area contributed by atoms with Crippen LogP contribution in [0.4, 0.5) is 0 Å². The lowest BCUT2D eigenvalue weighted by Crippen LogP contribution is -2.44. The topological polar surface area (TPSA) is 36.9 Å². The molecule has 0 radical (unpaired) electrons. The Morgan fingerprint density at radius 2 is 1.16 bits per heavy atom. The highest BCUT2D eigenvalue weighted by molar-refractivity contribution is 4.82. The summed E-state index contributed by atoms with van der Waals surface area (Å²) >= 11 is 0. The van der Waals surface area contributed by atoms with Gasteiger partial charge in [-0.1, -0.05) is 71.4 Å². The minimum Gasteiger partial charge on any atom is -0.502 e. The van der Waals surface area contributed by atoms with Crippen molar-refractivity contribution in [2.75, 3.05) is 26.4 Å². The Labute approximate surface area is 200 Å². The van der Waals surface area contributed by atoms with Crippen LogP contribution in [0.3, 0.4) is 0 Å². The summed E-state index contributed by atoms with van der Waals surface area (Å²) < 4.78 is 24.1. The van der Waals surface area contributed by atoms with Crippen LogP contribution in [0.1, 0.15) is 118 Å². The molecule has 0 aliphatic carbocycles. The van der Waals surface area contributed by atoms with Gasteiger partial charge in [0.2, 0.25) is 0 Å². The zero-order valence-electron chi connectivity index (χ0n) is 22.0. The third kappa shape index (κ3) is 15.7. The summed E-state index contributed by atoms with van der Waals surface area (Å²) in [4.78, 5) is 0. The van der Waals surface area contributed by atoms with Crippen molar-refractivity contribution in [2.24, 2.45) is 5.92 Å². The van der Waals surface area contributed by atoms with E-state index in [1.807, 2.05) is 18.6 Å². The van der Waals surface area contributed by atoms with Crippen LogP contribution >= 0.6 is 0 Å². The molecular weight excluding hydrogens is 400 g/mol. The molecule has 0 fully saturated rings. The Hall–Kier alpha value is -1.00. The van der Waals surface area contributed by atoms with E-state index < -0.39 is 5.79 Å². The number of ether oxygens (including phenoxy) is 4. The smallest absolute Gasteiger partial charge is 0.171 e. The van der Waals surface area contributed by atoms with Gasteiger partial charge in [0.05, 0.1) is 25.7 Å². The molecule has 0 N–H and O–H groups in total. The molecule has 0 rings (SSSR count). The molecule has 0 saturated carbocycles. The average Bonchev–Trinajstić information content (AvgIpc) is 2.79. The van der Waals surface area contributed by atoms with Crippen LogP contribution in [0.25, 0.3) is 0 Å². The third-order valence-corrected chi connectivity index (χ3v) is 5.76. The first-order valence-electron chi connectivity index (χ1n) is 13.5. The fraction of sp³-hybridized carbons (Fsp3) is 0.857. The van der Waals surface area contributed by atoms with Crippen molar-refractivity contribution in [1.82, 2.24) is 0 Å². The highest BCUT2D eigenvalue weighted by atomic mass is 16.7. The van der Waals surface area contributed by atoms with Gasteiger partial charge in [0.1, 0.15) is 0 Å². The van der Waals surface area contributed by atoms with Gasteiger partial charge in [0.25, 0.3) is 0 Å². The van der Waals surface area contributed by atoms with Gasteiger partial charge in [-0.25, -0.2) is 0 Å². The predicted molar refractivity (Wildman–Crippen MR) is 137 cm³/mol. The maximum atomic E-state index is 6.40. The van der Waals surface area contributed by atoms with Crippen molar-refractivity contribution in [3.05, 3.63) is 24.7 Å². The summed E-state index contributed by atoms with van der Waals surface area (Å²) in [6.07, 6.45) is 22.7. The van der Waals surface area contributed by atoms with Gasteiger partial charge in [0.15, 0.2) is 5.79 Å². The number of unbranched alkanes of at least 4 members (excludes halogenated alkanes) is 5. The van der Waals surface area contributed by atoms with Gasteiger partial charge in [-0.2, -0.15) is 0 Å². The van der Waals surface area contributed by atoms with E-state index in [9.17, 15) is 0 Å². The first-order chi connectivity index (χ1) is 15.7. The maximum Gasteiger partial charge on any atom is 0.171 e. The normalized spacial score (nSPS) is 13.3. The van der Waals surface area contributed by atoms with E-state index >= 15 is 0 Å². The van der Waals surface area contributed by atoms with Gasteiger partial charge < -0.3 is 18.9 Å². The van der Waals surface area contributed by atoms with Crippen LogP contribution in [-0.2, 0) is 18.9 Å². The second kappa shape index (κ2) is 23.2. The van der Waals surface area contributed by atoms with Crippen molar-refractivity contribution < 1.29 is 18.9 Å².